The number of hydrogen-bond donors (Lipinski definition) is 1. The van der Waals surface area contributed by atoms with Crippen molar-refractivity contribution in [3.05, 3.63) is 34.5 Å². The molecule has 1 aliphatic rings. The summed E-state index contributed by atoms with van der Waals surface area (Å²) >= 11 is 0. The molecule has 5 heteroatoms. The second kappa shape index (κ2) is 5.40. The first kappa shape index (κ1) is 13.4. The smallest absolute Gasteiger partial charge is 0.305 e. The molecular formula is C15H20FN3O. The standard InChI is InChI=1S/C15H20FN3O/c1-2-18-8-4-5-11(9-18)10-19-14-12(16)6-3-7-13(14)17-15(19)20/h3,6-7,11H,2,4-5,8-10H2,1H3,(H,17,20). The molecule has 1 saturated heterocycles. The van der Waals surface area contributed by atoms with Gasteiger partial charge in [0.1, 0.15) is 11.3 Å². The fourth-order valence-corrected chi connectivity index (χ4v) is 3.19. The predicted molar refractivity (Wildman–Crippen MR) is 77.4 cm³/mol. The second-order valence-electron chi connectivity index (χ2n) is 5.58. The third-order valence-electron chi connectivity index (χ3n) is 4.23. The summed E-state index contributed by atoms with van der Waals surface area (Å²) in [5, 5.41) is 0. The zero-order valence-corrected chi connectivity index (χ0v) is 11.7. The highest BCUT2D eigenvalue weighted by molar-refractivity contribution is 5.75. The average molecular weight is 277 g/mol. The van der Waals surface area contributed by atoms with E-state index in [9.17, 15) is 9.18 Å². The van der Waals surface area contributed by atoms with Crippen LogP contribution in [-0.4, -0.2) is 34.1 Å². The lowest BCUT2D eigenvalue weighted by Gasteiger charge is -2.31. The van der Waals surface area contributed by atoms with E-state index in [2.05, 4.69) is 16.8 Å². The van der Waals surface area contributed by atoms with Crippen molar-refractivity contribution in [3.8, 4) is 0 Å². The zero-order chi connectivity index (χ0) is 14.1. The lowest BCUT2D eigenvalue weighted by molar-refractivity contribution is 0.170. The Balaban J connectivity index is 1.91. The minimum absolute atomic E-state index is 0.210. The van der Waals surface area contributed by atoms with Gasteiger partial charge in [-0.15, -0.1) is 0 Å². The topological polar surface area (TPSA) is 41.0 Å². The molecule has 1 N–H and O–H groups in total. The van der Waals surface area contributed by atoms with Gasteiger partial charge < -0.3 is 9.88 Å². The van der Waals surface area contributed by atoms with Crippen LogP contribution in [0, 0.1) is 11.7 Å². The van der Waals surface area contributed by atoms with E-state index in [-0.39, 0.29) is 11.5 Å². The molecule has 2 aromatic rings. The number of aromatic nitrogens is 2. The van der Waals surface area contributed by atoms with Crippen LogP contribution in [0.1, 0.15) is 19.8 Å². The Kier molecular flexibility index (Phi) is 3.61. The van der Waals surface area contributed by atoms with Crippen molar-refractivity contribution < 1.29 is 4.39 Å². The number of benzene rings is 1. The average Bonchev–Trinajstić information content (AvgIpc) is 2.77. The minimum Gasteiger partial charge on any atom is -0.305 e. The third-order valence-corrected chi connectivity index (χ3v) is 4.23. The van der Waals surface area contributed by atoms with Crippen molar-refractivity contribution in [2.45, 2.75) is 26.3 Å². The van der Waals surface area contributed by atoms with E-state index < -0.39 is 0 Å². The normalized spacial score (nSPS) is 20.6. The third kappa shape index (κ3) is 2.38. The Hall–Kier alpha value is -1.62. The lowest BCUT2D eigenvalue weighted by Crippen LogP contribution is -2.38. The number of piperidine rings is 1. The number of halogens is 1. The van der Waals surface area contributed by atoms with Gasteiger partial charge in [0.05, 0.1) is 5.52 Å². The van der Waals surface area contributed by atoms with Crippen LogP contribution < -0.4 is 5.69 Å². The monoisotopic (exact) mass is 277 g/mol. The molecule has 0 spiro atoms. The van der Waals surface area contributed by atoms with Gasteiger partial charge in [0.15, 0.2) is 0 Å². The van der Waals surface area contributed by atoms with Crippen molar-refractivity contribution in [1.82, 2.24) is 14.5 Å². The van der Waals surface area contributed by atoms with Gasteiger partial charge in [-0.05, 0) is 44.0 Å². The number of imidazole rings is 1. The zero-order valence-electron chi connectivity index (χ0n) is 11.7. The van der Waals surface area contributed by atoms with E-state index in [0.29, 0.717) is 23.5 Å². The molecule has 0 radical (unpaired) electrons. The van der Waals surface area contributed by atoms with Crippen LogP contribution >= 0.6 is 0 Å². The van der Waals surface area contributed by atoms with Crippen molar-refractivity contribution in [2.75, 3.05) is 19.6 Å². The van der Waals surface area contributed by atoms with Gasteiger partial charge in [-0.3, -0.25) is 4.57 Å². The van der Waals surface area contributed by atoms with Crippen LogP contribution in [0.2, 0.25) is 0 Å². The van der Waals surface area contributed by atoms with Crippen molar-refractivity contribution in [2.24, 2.45) is 5.92 Å². The van der Waals surface area contributed by atoms with Crippen LogP contribution in [0.3, 0.4) is 0 Å². The molecule has 2 heterocycles. The van der Waals surface area contributed by atoms with E-state index in [1.165, 1.54) is 6.07 Å². The van der Waals surface area contributed by atoms with Crippen LogP contribution in [0.25, 0.3) is 11.0 Å². The molecule has 1 unspecified atom stereocenters. The molecule has 108 valence electrons. The van der Waals surface area contributed by atoms with Gasteiger partial charge >= 0.3 is 5.69 Å². The number of fused-ring (bicyclic) bond motifs is 1. The molecule has 20 heavy (non-hydrogen) atoms. The summed E-state index contributed by atoms with van der Waals surface area (Å²) in [5.74, 6) is 0.0870. The quantitative estimate of drug-likeness (QED) is 0.934. The van der Waals surface area contributed by atoms with Crippen LogP contribution in [0.4, 0.5) is 4.39 Å². The Bertz CT molecular complexity index is 661. The minimum atomic E-state index is -0.330. The summed E-state index contributed by atoms with van der Waals surface area (Å²) in [5.41, 5.74) is 0.781. The maximum absolute atomic E-state index is 14.0. The van der Waals surface area contributed by atoms with Crippen molar-refractivity contribution in [1.29, 1.82) is 0 Å². The molecule has 1 aliphatic heterocycles. The number of aromatic amines is 1. The second-order valence-corrected chi connectivity index (χ2v) is 5.58. The molecule has 0 bridgehead atoms. The summed E-state index contributed by atoms with van der Waals surface area (Å²) in [6.07, 6.45) is 2.25. The Morgan fingerprint density at radius 2 is 2.30 bits per heavy atom. The number of para-hydroxylation sites is 1. The summed E-state index contributed by atoms with van der Waals surface area (Å²) in [6, 6.07) is 4.78. The van der Waals surface area contributed by atoms with E-state index in [0.717, 1.165) is 32.5 Å². The molecule has 1 atom stereocenters. The number of hydrogen-bond acceptors (Lipinski definition) is 2. The molecule has 1 aromatic heterocycles. The number of H-pyrrole nitrogens is 1. The van der Waals surface area contributed by atoms with E-state index in [1.807, 2.05) is 0 Å². The van der Waals surface area contributed by atoms with Crippen molar-refractivity contribution in [3.63, 3.8) is 0 Å². The number of nitrogens with one attached hydrogen (secondary N) is 1. The Labute approximate surface area is 117 Å². The van der Waals surface area contributed by atoms with Crippen LogP contribution in [0.5, 0.6) is 0 Å². The molecule has 1 aromatic carbocycles. The largest absolute Gasteiger partial charge is 0.326 e. The maximum Gasteiger partial charge on any atom is 0.326 e. The fourth-order valence-electron chi connectivity index (χ4n) is 3.19. The Morgan fingerprint density at radius 1 is 1.45 bits per heavy atom. The lowest BCUT2D eigenvalue weighted by atomic mass is 9.98. The van der Waals surface area contributed by atoms with Gasteiger partial charge in [0, 0.05) is 13.1 Å². The van der Waals surface area contributed by atoms with E-state index in [1.54, 1.807) is 16.7 Å². The summed E-state index contributed by atoms with van der Waals surface area (Å²) in [7, 11) is 0. The number of likely N-dealkylation sites (tertiary alicyclic amines) is 1. The first-order valence-electron chi connectivity index (χ1n) is 7.28. The highest BCUT2D eigenvalue weighted by Crippen LogP contribution is 2.20. The predicted octanol–water partition coefficient (Wildman–Crippen LogP) is 2.20. The van der Waals surface area contributed by atoms with Gasteiger partial charge in [0.2, 0.25) is 0 Å². The number of rotatable bonds is 3. The first-order valence-corrected chi connectivity index (χ1v) is 7.28. The first-order chi connectivity index (χ1) is 9.69. The summed E-state index contributed by atoms with van der Waals surface area (Å²) < 4.78 is 15.5. The maximum atomic E-state index is 14.0. The van der Waals surface area contributed by atoms with E-state index >= 15 is 0 Å². The Morgan fingerprint density at radius 3 is 3.10 bits per heavy atom. The molecule has 0 saturated carbocycles. The van der Waals surface area contributed by atoms with Crippen LogP contribution in [-0.2, 0) is 6.54 Å². The summed E-state index contributed by atoms with van der Waals surface area (Å²) in [4.78, 5) is 17.2. The molecule has 1 fully saturated rings. The van der Waals surface area contributed by atoms with Gasteiger partial charge in [-0.2, -0.15) is 0 Å². The molecule has 4 nitrogen and oxygen atoms in total. The van der Waals surface area contributed by atoms with Crippen LogP contribution in [0.15, 0.2) is 23.0 Å². The molecule has 0 aliphatic carbocycles. The van der Waals surface area contributed by atoms with E-state index in [4.69, 9.17) is 0 Å². The summed E-state index contributed by atoms with van der Waals surface area (Å²) in [6.45, 7) is 5.90. The van der Waals surface area contributed by atoms with Gasteiger partial charge in [-0.25, -0.2) is 9.18 Å². The number of nitrogens with zero attached hydrogens (tertiary/aromatic N) is 2. The fraction of sp³-hybridized carbons (Fsp3) is 0.533. The molecular weight excluding hydrogens is 257 g/mol. The highest BCUT2D eigenvalue weighted by atomic mass is 19.1. The molecule has 3 rings (SSSR count). The van der Waals surface area contributed by atoms with Gasteiger partial charge in [0.25, 0.3) is 0 Å². The van der Waals surface area contributed by atoms with Crippen molar-refractivity contribution >= 4 is 11.0 Å². The van der Waals surface area contributed by atoms with Gasteiger partial charge in [-0.1, -0.05) is 13.0 Å². The molecule has 0 amide bonds. The highest BCUT2D eigenvalue weighted by Gasteiger charge is 2.21. The SMILES string of the molecule is CCN1CCCC(Cn2c(=O)[nH]c3cccc(F)c32)C1.